The molecule has 0 spiro atoms. The van der Waals surface area contributed by atoms with Gasteiger partial charge in [-0.1, -0.05) is 20.3 Å². The van der Waals surface area contributed by atoms with Gasteiger partial charge in [0.2, 0.25) is 0 Å². The zero-order valence-electron chi connectivity index (χ0n) is 16.5. The zero-order chi connectivity index (χ0) is 17.9. The number of methoxy groups -OCH3 is 1. The SMILES string of the molecule is COCC1(O)CC2CC[C@@H]3[C@@H](CC[C@]4(C)CCC[C@@H]34)[C@@]2(C)CC1CO. The predicted octanol–water partition coefficient (Wildman–Crippen LogP) is 4.02. The highest BCUT2D eigenvalue weighted by molar-refractivity contribution is 5.10. The van der Waals surface area contributed by atoms with Gasteiger partial charge >= 0.3 is 0 Å². The van der Waals surface area contributed by atoms with Crippen molar-refractivity contribution in [2.45, 2.75) is 77.2 Å². The molecule has 4 aliphatic carbocycles. The monoisotopic (exact) mass is 350 g/mol. The highest BCUT2D eigenvalue weighted by Gasteiger charge is 2.61. The molecule has 0 saturated heterocycles. The van der Waals surface area contributed by atoms with Crippen molar-refractivity contribution in [1.82, 2.24) is 0 Å². The van der Waals surface area contributed by atoms with Gasteiger partial charge in [0.15, 0.2) is 0 Å². The van der Waals surface area contributed by atoms with Crippen molar-refractivity contribution in [3.05, 3.63) is 0 Å². The molecule has 3 nitrogen and oxygen atoms in total. The summed E-state index contributed by atoms with van der Waals surface area (Å²) < 4.78 is 5.34. The molecule has 4 fully saturated rings. The van der Waals surface area contributed by atoms with Gasteiger partial charge in [-0.3, -0.25) is 0 Å². The molecule has 0 aromatic heterocycles. The van der Waals surface area contributed by atoms with Crippen LogP contribution in [0.25, 0.3) is 0 Å². The first-order chi connectivity index (χ1) is 11.9. The Hall–Kier alpha value is -0.120. The van der Waals surface area contributed by atoms with Crippen LogP contribution in [-0.4, -0.2) is 36.1 Å². The van der Waals surface area contributed by atoms with Gasteiger partial charge in [-0.05, 0) is 85.9 Å². The van der Waals surface area contributed by atoms with Crippen LogP contribution in [0.5, 0.6) is 0 Å². The van der Waals surface area contributed by atoms with Gasteiger partial charge in [-0.25, -0.2) is 0 Å². The summed E-state index contributed by atoms with van der Waals surface area (Å²) in [5.41, 5.74) is 0.0590. The zero-order valence-corrected chi connectivity index (χ0v) is 16.5. The molecule has 3 heteroatoms. The minimum atomic E-state index is -0.836. The van der Waals surface area contributed by atoms with Crippen molar-refractivity contribution in [3.63, 3.8) is 0 Å². The average Bonchev–Trinajstić information content (AvgIpc) is 2.97. The predicted molar refractivity (Wildman–Crippen MR) is 99.1 cm³/mol. The summed E-state index contributed by atoms with van der Waals surface area (Å²) in [5, 5.41) is 21.2. The lowest BCUT2D eigenvalue weighted by Gasteiger charge is -2.63. The molecule has 144 valence electrons. The Morgan fingerprint density at radius 1 is 1.00 bits per heavy atom. The molecular formula is C22H38O3. The van der Waals surface area contributed by atoms with E-state index in [-0.39, 0.29) is 12.5 Å². The lowest BCUT2D eigenvalue weighted by molar-refractivity contribution is -0.194. The number of fused-ring (bicyclic) bond motifs is 5. The quantitative estimate of drug-likeness (QED) is 0.808. The molecule has 4 aliphatic rings. The smallest absolute Gasteiger partial charge is 0.0932 e. The fraction of sp³-hybridized carbons (Fsp3) is 1.00. The second-order valence-corrected chi connectivity index (χ2v) is 10.6. The Morgan fingerprint density at radius 2 is 1.80 bits per heavy atom. The Balaban J connectivity index is 1.61. The molecular weight excluding hydrogens is 312 g/mol. The summed E-state index contributed by atoms with van der Waals surface area (Å²) in [5.74, 6) is 3.15. The van der Waals surface area contributed by atoms with Gasteiger partial charge in [0.1, 0.15) is 0 Å². The molecule has 0 amide bonds. The van der Waals surface area contributed by atoms with E-state index >= 15 is 0 Å². The van der Waals surface area contributed by atoms with Crippen LogP contribution in [0.4, 0.5) is 0 Å². The van der Waals surface area contributed by atoms with E-state index in [1.54, 1.807) is 7.11 Å². The number of aliphatic hydroxyl groups is 2. The third-order valence-electron chi connectivity index (χ3n) is 9.51. The van der Waals surface area contributed by atoms with Crippen LogP contribution in [0.1, 0.15) is 71.6 Å². The van der Waals surface area contributed by atoms with Crippen LogP contribution in [0.3, 0.4) is 0 Å². The van der Waals surface area contributed by atoms with E-state index < -0.39 is 5.60 Å². The maximum absolute atomic E-state index is 11.2. The molecule has 0 aliphatic heterocycles. The second kappa shape index (κ2) is 6.21. The highest BCUT2D eigenvalue weighted by atomic mass is 16.5. The van der Waals surface area contributed by atoms with Crippen LogP contribution in [0.15, 0.2) is 0 Å². The number of hydrogen-bond acceptors (Lipinski definition) is 3. The van der Waals surface area contributed by atoms with E-state index in [4.69, 9.17) is 4.74 Å². The fourth-order valence-electron chi connectivity index (χ4n) is 8.16. The second-order valence-electron chi connectivity index (χ2n) is 10.6. The minimum absolute atomic E-state index is 0.0376. The third kappa shape index (κ3) is 2.63. The van der Waals surface area contributed by atoms with Crippen LogP contribution in [0, 0.1) is 40.4 Å². The molecule has 0 aromatic carbocycles. The maximum Gasteiger partial charge on any atom is 0.0932 e. The number of rotatable bonds is 3. The Kier molecular flexibility index (Phi) is 4.53. The van der Waals surface area contributed by atoms with Crippen LogP contribution < -0.4 is 0 Å². The summed E-state index contributed by atoms with van der Waals surface area (Å²) >= 11 is 0. The van der Waals surface area contributed by atoms with E-state index in [1.165, 1.54) is 44.9 Å². The first-order valence-corrected chi connectivity index (χ1v) is 10.7. The highest BCUT2D eigenvalue weighted by Crippen LogP contribution is 2.67. The first-order valence-electron chi connectivity index (χ1n) is 10.7. The summed E-state index contributed by atoms with van der Waals surface area (Å²) in [6.07, 6.45) is 11.5. The lowest BCUT2D eigenvalue weighted by Crippen LogP contribution is -2.60. The average molecular weight is 351 g/mol. The fourth-order valence-corrected chi connectivity index (χ4v) is 8.16. The topological polar surface area (TPSA) is 49.7 Å². The van der Waals surface area contributed by atoms with Gasteiger partial charge in [0.25, 0.3) is 0 Å². The molecule has 8 atom stereocenters. The molecule has 0 aromatic rings. The molecule has 4 rings (SSSR count). The van der Waals surface area contributed by atoms with Crippen LogP contribution in [0.2, 0.25) is 0 Å². The summed E-state index contributed by atoms with van der Waals surface area (Å²) in [6.45, 7) is 5.51. The summed E-state index contributed by atoms with van der Waals surface area (Å²) in [4.78, 5) is 0. The molecule has 2 N–H and O–H groups in total. The lowest BCUT2D eigenvalue weighted by atomic mass is 9.43. The Labute approximate surface area is 153 Å². The van der Waals surface area contributed by atoms with Crippen molar-refractivity contribution in [2.24, 2.45) is 40.4 Å². The normalized spacial score (nSPS) is 55.3. The van der Waals surface area contributed by atoms with E-state index in [2.05, 4.69) is 13.8 Å². The molecule has 25 heavy (non-hydrogen) atoms. The van der Waals surface area contributed by atoms with E-state index in [9.17, 15) is 10.2 Å². The molecule has 0 bridgehead atoms. The number of ether oxygens (including phenoxy) is 1. The minimum Gasteiger partial charge on any atom is -0.396 e. The van der Waals surface area contributed by atoms with Gasteiger partial charge in [0, 0.05) is 19.6 Å². The van der Waals surface area contributed by atoms with E-state index in [0.29, 0.717) is 23.4 Å². The summed E-state index contributed by atoms with van der Waals surface area (Å²) in [7, 11) is 1.67. The van der Waals surface area contributed by atoms with Crippen molar-refractivity contribution in [1.29, 1.82) is 0 Å². The van der Waals surface area contributed by atoms with Crippen molar-refractivity contribution in [3.8, 4) is 0 Å². The van der Waals surface area contributed by atoms with Crippen molar-refractivity contribution >= 4 is 0 Å². The van der Waals surface area contributed by atoms with Crippen molar-refractivity contribution in [2.75, 3.05) is 20.3 Å². The van der Waals surface area contributed by atoms with Crippen molar-refractivity contribution < 1.29 is 14.9 Å². The first kappa shape index (κ1) is 18.3. The van der Waals surface area contributed by atoms with Gasteiger partial charge in [-0.15, -0.1) is 0 Å². The van der Waals surface area contributed by atoms with Gasteiger partial charge in [-0.2, -0.15) is 0 Å². The molecule has 0 radical (unpaired) electrons. The Morgan fingerprint density at radius 3 is 2.52 bits per heavy atom. The van der Waals surface area contributed by atoms with Crippen LogP contribution in [-0.2, 0) is 4.74 Å². The largest absolute Gasteiger partial charge is 0.396 e. The molecule has 0 heterocycles. The number of hydrogen-bond donors (Lipinski definition) is 2. The Bertz CT molecular complexity index is 508. The van der Waals surface area contributed by atoms with Gasteiger partial charge in [0.05, 0.1) is 12.2 Å². The molecule has 4 saturated carbocycles. The maximum atomic E-state index is 11.2. The standard InChI is InChI=1S/C22H38O3/c1-20-9-4-5-18(20)17-7-6-15-12-22(24,14-25-3)16(13-23)11-21(15,2)19(17)8-10-20/h15-19,23-24H,4-14H2,1-3H3/t15?,16?,17-,18-,19+,20-,21-,22?/m0/s1. The third-order valence-corrected chi connectivity index (χ3v) is 9.51. The number of aliphatic hydroxyl groups excluding tert-OH is 1. The molecule has 3 unspecified atom stereocenters. The van der Waals surface area contributed by atoms with Crippen LogP contribution >= 0.6 is 0 Å². The van der Waals surface area contributed by atoms with E-state index in [1.807, 2.05) is 0 Å². The van der Waals surface area contributed by atoms with Gasteiger partial charge < -0.3 is 14.9 Å². The van der Waals surface area contributed by atoms with E-state index in [0.717, 1.165) is 30.6 Å². The summed E-state index contributed by atoms with van der Waals surface area (Å²) in [6, 6.07) is 0.